The SMILES string of the molecule is C=C(CCC(=O)Nc1ccc(OC)cc1)c1ccccc1. The van der Waals surface area contributed by atoms with Crippen molar-refractivity contribution in [1.29, 1.82) is 0 Å². The Morgan fingerprint density at radius 2 is 1.71 bits per heavy atom. The zero-order valence-electron chi connectivity index (χ0n) is 12.1. The molecular weight excluding hydrogens is 262 g/mol. The molecule has 2 aromatic rings. The summed E-state index contributed by atoms with van der Waals surface area (Å²) >= 11 is 0. The second kappa shape index (κ2) is 7.29. The van der Waals surface area contributed by atoms with Crippen LogP contribution in [-0.2, 0) is 4.79 Å². The maximum Gasteiger partial charge on any atom is 0.224 e. The highest BCUT2D eigenvalue weighted by atomic mass is 16.5. The van der Waals surface area contributed by atoms with E-state index in [1.54, 1.807) is 7.11 Å². The van der Waals surface area contributed by atoms with Gasteiger partial charge in [-0.1, -0.05) is 36.9 Å². The Balaban J connectivity index is 1.83. The molecule has 0 bridgehead atoms. The summed E-state index contributed by atoms with van der Waals surface area (Å²) in [6.07, 6.45) is 1.06. The predicted molar refractivity (Wildman–Crippen MR) is 86.3 cm³/mol. The molecule has 0 heterocycles. The van der Waals surface area contributed by atoms with Crippen LogP contribution in [-0.4, -0.2) is 13.0 Å². The van der Waals surface area contributed by atoms with Crippen LogP contribution in [0.15, 0.2) is 61.2 Å². The smallest absolute Gasteiger partial charge is 0.224 e. The Hall–Kier alpha value is -2.55. The van der Waals surface area contributed by atoms with Crippen LogP contribution in [0.3, 0.4) is 0 Å². The van der Waals surface area contributed by atoms with E-state index in [0.29, 0.717) is 12.8 Å². The first-order valence-corrected chi connectivity index (χ1v) is 6.86. The van der Waals surface area contributed by atoms with Gasteiger partial charge in [-0.15, -0.1) is 0 Å². The van der Waals surface area contributed by atoms with Gasteiger partial charge >= 0.3 is 0 Å². The molecule has 1 N–H and O–H groups in total. The van der Waals surface area contributed by atoms with Crippen molar-refractivity contribution in [3.63, 3.8) is 0 Å². The van der Waals surface area contributed by atoms with E-state index in [9.17, 15) is 4.79 Å². The molecule has 0 aliphatic carbocycles. The van der Waals surface area contributed by atoms with Crippen molar-refractivity contribution in [3.8, 4) is 5.75 Å². The van der Waals surface area contributed by atoms with Gasteiger partial charge < -0.3 is 10.1 Å². The zero-order chi connectivity index (χ0) is 15.1. The van der Waals surface area contributed by atoms with Gasteiger partial charge in [-0.05, 0) is 41.8 Å². The molecule has 3 heteroatoms. The molecule has 0 atom stereocenters. The molecule has 0 saturated carbocycles. The van der Waals surface area contributed by atoms with E-state index >= 15 is 0 Å². The number of hydrogen-bond acceptors (Lipinski definition) is 2. The van der Waals surface area contributed by atoms with Crippen LogP contribution in [0, 0.1) is 0 Å². The third-order valence-electron chi connectivity index (χ3n) is 3.21. The first-order chi connectivity index (χ1) is 10.2. The number of rotatable bonds is 6. The lowest BCUT2D eigenvalue weighted by Gasteiger charge is -2.08. The van der Waals surface area contributed by atoms with Crippen LogP contribution in [0.25, 0.3) is 5.57 Å². The van der Waals surface area contributed by atoms with Crippen molar-refractivity contribution in [2.24, 2.45) is 0 Å². The second-order valence-electron chi connectivity index (χ2n) is 4.75. The Morgan fingerprint density at radius 1 is 1.05 bits per heavy atom. The van der Waals surface area contributed by atoms with Crippen LogP contribution in [0.1, 0.15) is 18.4 Å². The Labute approximate surface area is 125 Å². The van der Waals surface area contributed by atoms with Gasteiger partial charge in [-0.3, -0.25) is 4.79 Å². The molecule has 2 aromatic carbocycles. The number of anilines is 1. The van der Waals surface area contributed by atoms with Gasteiger partial charge in [0.25, 0.3) is 0 Å². The Bertz CT molecular complexity index is 603. The van der Waals surface area contributed by atoms with Crippen molar-refractivity contribution < 1.29 is 9.53 Å². The lowest BCUT2D eigenvalue weighted by Crippen LogP contribution is -2.11. The average molecular weight is 281 g/mol. The third kappa shape index (κ3) is 4.49. The third-order valence-corrected chi connectivity index (χ3v) is 3.21. The molecule has 0 aromatic heterocycles. The second-order valence-corrected chi connectivity index (χ2v) is 4.75. The van der Waals surface area contributed by atoms with Gasteiger partial charge in [0.05, 0.1) is 7.11 Å². The topological polar surface area (TPSA) is 38.3 Å². The van der Waals surface area contributed by atoms with Gasteiger partial charge in [-0.2, -0.15) is 0 Å². The molecule has 1 amide bonds. The number of carbonyl (C=O) groups excluding carboxylic acids is 1. The molecular formula is C18H19NO2. The van der Waals surface area contributed by atoms with Crippen molar-refractivity contribution in [3.05, 3.63) is 66.7 Å². The molecule has 2 rings (SSSR count). The van der Waals surface area contributed by atoms with E-state index in [-0.39, 0.29) is 5.91 Å². The fourth-order valence-corrected chi connectivity index (χ4v) is 1.98. The molecule has 0 aliphatic rings. The number of carbonyl (C=O) groups is 1. The molecule has 0 aliphatic heterocycles. The molecule has 21 heavy (non-hydrogen) atoms. The fraction of sp³-hybridized carbons (Fsp3) is 0.167. The lowest BCUT2D eigenvalue weighted by atomic mass is 10.0. The largest absolute Gasteiger partial charge is 0.497 e. The van der Waals surface area contributed by atoms with Crippen LogP contribution in [0.4, 0.5) is 5.69 Å². The van der Waals surface area contributed by atoms with Crippen molar-refractivity contribution in [2.45, 2.75) is 12.8 Å². The summed E-state index contributed by atoms with van der Waals surface area (Å²) in [5, 5.41) is 2.86. The van der Waals surface area contributed by atoms with Crippen LogP contribution in [0.5, 0.6) is 5.75 Å². The number of allylic oxidation sites excluding steroid dienone is 1. The summed E-state index contributed by atoms with van der Waals surface area (Å²) in [6.45, 7) is 4.03. The highest BCUT2D eigenvalue weighted by Crippen LogP contribution is 2.19. The minimum absolute atomic E-state index is 0.0164. The summed E-state index contributed by atoms with van der Waals surface area (Å²) in [5.41, 5.74) is 2.82. The molecule has 0 fully saturated rings. The number of methoxy groups -OCH3 is 1. The van der Waals surface area contributed by atoms with E-state index in [2.05, 4.69) is 11.9 Å². The van der Waals surface area contributed by atoms with Gasteiger partial charge in [-0.25, -0.2) is 0 Å². The molecule has 0 spiro atoms. The summed E-state index contributed by atoms with van der Waals surface area (Å²) in [7, 11) is 1.61. The molecule has 0 radical (unpaired) electrons. The quantitative estimate of drug-likeness (QED) is 0.864. The summed E-state index contributed by atoms with van der Waals surface area (Å²) in [6, 6.07) is 17.2. The summed E-state index contributed by atoms with van der Waals surface area (Å²) < 4.78 is 5.08. The van der Waals surface area contributed by atoms with Gasteiger partial charge in [0.15, 0.2) is 0 Å². The van der Waals surface area contributed by atoms with Gasteiger partial charge in [0, 0.05) is 12.1 Å². The number of amides is 1. The molecule has 0 saturated heterocycles. The van der Waals surface area contributed by atoms with Gasteiger partial charge in [0.2, 0.25) is 5.91 Å². The fourth-order valence-electron chi connectivity index (χ4n) is 1.98. The summed E-state index contributed by atoms with van der Waals surface area (Å²) in [4.78, 5) is 11.9. The Morgan fingerprint density at radius 3 is 2.33 bits per heavy atom. The van der Waals surface area contributed by atoms with Gasteiger partial charge in [0.1, 0.15) is 5.75 Å². The van der Waals surface area contributed by atoms with Crippen LogP contribution >= 0.6 is 0 Å². The summed E-state index contributed by atoms with van der Waals surface area (Å²) in [5.74, 6) is 0.753. The van der Waals surface area contributed by atoms with Crippen molar-refractivity contribution in [1.82, 2.24) is 0 Å². The van der Waals surface area contributed by atoms with Crippen molar-refractivity contribution >= 4 is 17.2 Å². The Kier molecular flexibility index (Phi) is 5.16. The van der Waals surface area contributed by atoms with E-state index < -0.39 is 0 Å². The normalized spacial score (nSPS) is 9.95. The molecule has 3 nitrogen and oxygen atoms in total. The van der Waals surface area contributed by atoms with E-state index in [0.717, 1.165) is 22.6 Å². The monoisotopic (exact) mass is 281 g/mol. The maximum atomic E-state index is 11.9. The lowest BCUT2D eigenvalue weighted by molar-refractivity contribution is -0.116. The maximum absolute atomic E-state index is 11.9. The number of nitrogens with one attached hydrogen (secondary N) is 1. The number of benzene rings is 2. The highest BCUT2D eigenvalue weighted by molar-refractivity contribution is 5.91. The van der Waals surface area contributed by atoms with Crippen molar-refractivity contribution in [2.75, 3.05) is 12.4 Å². The van der Waals surface area contributed by atoms with E-state index in [4.69, 9.17) is 4.74 Å². The van der Waals surface area contributed by atoms with E-state index in [1.165, 1.54) is 0 Å². The minimum atomic E-state index is -0.0164. The standard InChI is InChI=1S/C18H19NO2/c1-14(15-6-4-3-5-7-15)8-13-18(20)19-16-9-11-17(21-2)12-10-16/h3-7,9-12H,1,8,13H2,2H3,(H,19,20). The highest BCUT2D eigenvalue weighted by Gasteiger charge is 2.05. The van der Waals surface area contributed by atoms with Crippen LogP contribution < -0.4 is 10.1 Å². The predicted octanol–water partition coefficient (Wildman–Crippen LogP) is 4.13. The average Bonchev–Trinajstić information content (AvgIpc) is 2.54. The first kappa shape index (κ1) is 14.9. The minimum Gasteiger partial charge on any atom is -0.497 e. The van der Waals surface area contributed by atoms with E-state index in [1.807, 2.05) is 54.6 Å². The molecule has 108 valence electrons. The number of ether oxygens (including phenoxy) is 1. The molecule has 0 unspecified atom stereocenters. The zero-order valence-corrected chi connectivity index (χ0v) is 12.1. The first-order valence-electron chi connectivity index (χ1n) is 6.86. The number of hydrogen-bond donors (Lipinski definition) is 1. The van der Waals surface area contributed by atoms with Crippen LogP contribution in [0.2, 0.25) is 0 Å².